The van der Waals surface area contributed by atoms with Gasteiger partial charge in [-0.1, -0.05) is 42.5 Å². The molecule has 7 nitrogen and oxygen atoms in total. The number of benzene rings is 2. The molecule has 0 radical (unpaired) electrons. The summed E-state index contributed by atoms with van der Waals surface area (Å²) in [5.41, 5.74) is 1.84. The first-order chi connectivity index (χ1) is 14.2. The van der Waals surface area contributed by atoms with Crippen LogP contribution in [0.2, 0.25) is 0 Å². The maximum Gasteiger partial charge on any atom is 0.186 e. The van der Waals surface area contributed by atoms with Gasteiger partial charge in [-0.15, -0.1) is 0 Å². The molecule has 0 spiro atoms. The fourth-order valence-corrected chi connectivity index (χ4v) is 3.63. The van der Waals surface area contributed by atoms with Gasteiger partial charge in [0.05, 0.1) is 20.3 Å². The third-order valence-corrected chi connectivity index (χ3v) is 5.21. The van der Waals surface area contributed by atoms with Crippen LogP contribution in [0.25, 0.3) is 0 Å². The van der Waals surface area contributed by atoms with Crippen molar-refractivity contribution < 1.29 is 33.5 Å². The SMILES string of the molecule is COc1ccc([C@@H]2OC[C@@H]3O[C@@H](OC)[C@@H](OCc4ccccc4)[C@@H](O)[C@@H]3O2)cc1. The zero-order valence-corrected chi connectivity index (χ0v) is 16.5. The summed E-state index contributed by atoms with van der Waals surface area (Å²) in [6, 6.07) is 17.2. The first-order valence-electron chi connectivity index (χ1n) is 9.62. The summed E-state index contributed by atoms with van der Waals surface area (Å²) in [4.78, 5) is 0. The summed E-state index contributed by atoms with van der Waals surface area (Å²) in [5.74, 6) is 0.751. The van der Waals surface area contributed by atoms with Gasteiger partial charge in [0, 0.05) is 12.7 Å². The fraction of sp³-hybridized carbons (Fsp3) is 0.455. The molecule has 0 bridgehead atoms. The number of hydrogen-bond acceptors (Lipinski definition) is 7. The third-order valence-electron chi connectivity index (χ3n) is 5.21. The molecule has 7 heteroatoms. The van der Waals surface area contributed by atoms with E-state index in [1.807, 2.05) is 54.6 Å². The Labute approximate surface area is 170 Å². The van der Waals surface area contributed by atoms with E-state index in [0.29, 0.717) is 6.61 Å². The zero-order chi connectivity index (χ0) is 20.2. The number of rotatable bonds is 6. The van der Waals surface area contributed by atoms with Crippen molar-refractivity contribution in [2.75, 3.05) is 20.8 Å². The highest BCUT2D eigenvalue weighted by Crippen LogP contribution is 2.35. The second-order valence-corrected chi connectivity index (χ2v) is 7.07. The maximum absolute atomic E-state index is 11.0. The van der Waals surface area contributed by atoms with Crippen LogP contribution in [0.5, 0.6) is 5.75 Å². The molecule has 2 fully saturated rings. The van der Waals surface area contributed by atoms with Gasteiger partial charge in [-0.25, -0.2) is 0 Å². The van der Waals surface area contributed by atoms with Crippen LogP contribution in [0.15, 0.2) is 54.6 Å². The molecular formula is C22H26O7. The Hall–Kier alpha value is -2.00. The quantitative estimate of drug-likeness (QED) is 0.795. The van der Waals surface area contributed by atoms with Crippen molar-refractivity contribution in [3.05, 3.63) is 65.7 Å². The van der Waals surface area contributed by atoms with Crippen molar-refractivity contribution in [2.45, 2.75) is 43.6 Å². The maximum atomic E-state index is 11.0. The topological polar surface area (TPSA) is 75.6 Å². The molecule has 2 aliphatic rings. The smallest absolute Gasteiger partial charge is 0.186 e. The molecule has 2 aromatic carbocycles. The molecule has 0 aliphatic carbocycles. The first-order valence-corrected chi connectivity index (χ1v) is 9.62. The molecule has 0 unspecified atom stereocenters. The Bertz CT molecular complexity index is 766. The number of fused-ring (bicyclic) bond motifs is 1. The van der Waals surface area contributed by atoms with Gasteiger partial charge in [0.25, 0.3) is 0 Å². The molecule has 156 valence electrons. The Kier molecular flexibility index (Phi) is 6.44. The normalized spacial score (nSPS) is 31.8. The summed E-state index contributed by atoms with van der Waals surface area (Å²) in [6.45, 7) is 0.616. The predicted molar refractivity (Wildman–Crippen MR) is 103 cm³/mol. The molecule has 2 heterocycles. The number of aliphatic hydroxyl groups excluding tert-OH is 1. The van der Waals surface area contributed by atoms with E-state index in [2.05, 4.69) is 0 Å². The highest BCUT2D eigenvalue weighted by Gasteiger charge is 2.50. The van der Waals surface area contributed by atoms with Gasteiger partial charge < -0.3 is 33.5 Å². The van der Waals surface area contributed by atoms with Crippen LogP contribution in [0, 0.1) is 0 Å². The molecule has 0 aromatic heterocycles. The second kappa shape index (κ2) is 9.21. The van der Waals surface area contributed by atoms with Crippen LogP contribution in [0.1, 0.15) is 17.4 Å². The lowest BCUT2D eigenvalue weighted by Gasteiger charge is -2.47. The fourth-order valence-electron chi connectivity index (χ4n) is 3.63. The van der Waals surface area contributed by atoms with Gasteiger partial charge >= 0.3 is 0 Å². The summed E-state index contributed by atoms with van der Waals surface area (Å²) in [6.07, 6.45) is -3.96. The monoisotopic (exact) mass is 402 g/mol. The lowest BCUT2D eigenvalue weighted by atomic mass is 9.97. The Morgan fingerprint density at radius 2 is 1.76 bits per heavy atom. The van der Waals surface area contributed by atoms with Crippen LogP contribution < -0.4 is 4.74 Å². The number of ether oxygens (including phenoxy) is 6. The van der Waals surface area contributed by atoms with Gasteiger partial charge in [-0.3, -0.25) is 0 Å². The van der Waals surface area contributed by atoms with Crippen molar-refractivity contribution in [2.24, 2.45) is 0 Å². The summed E-state index contributed by atoms with van der Waals surface area (Å²) in [7, 11) is 3.14. The Balaban J connectivity index is 1.45. The van der Waals surface area contributed by atoms with Crippen molar-refractivity contribution in [1.82, 2.24) is 0 Å². The van der Waals surface area contributed by atoms with Gasteiger partial charge in [-0.2, -0.15) is 0 Å². The lowest BCUT2D eigenvalue weighted by molar-refractivity contribution is -0.363. The molecule has 1 N–H and O–H groups in total. The second-order valence-electron chi connectivity index (χ2n) is 7.07. The van der Waals surface area contributed by atoms with E-state index in [1.165, 1.54) is 7.11 Å². The van der Waals surface area contributed by atoms with E-state index in [4.69, 9.17) is 28.4 Å². The average molecular weight is 402 g/mol. The number of methoxy groups -OCH3 is 2. The molecule has 0 saturated carbocycles. The van der Waals surface area contributed by atoms with Crippen LogP contribution >= 0.6 is 0 Å². The van der Waals surface area contributed by atoms with Gasteiger partial charge in [0.1, 0.15) is 30.2 Å². The highest BCUT2D eigenvalue weighted by atomic mass is 16.8. The van der Waals surface area contributed by atoms with Crippen molar-refractivity contribution in [3.63, 3.8) is 0 Å². The first kappa shape index (κ1) is 20.3. The van der Waals surface area contributed by atoms with Gasteiger partial charge in [-0.05, 0) is 17.7 Å². The summed E-state index contributed by atoms with van der Waals surface area (Å²) < 4.78 is 34.4. The average Bonchev–Trinajstić information content (AvgIpc) is 2.79. The summed E-state index contributed by atoms with van der Waals surface area (Å²) >= 11 is 0. The van der Waals surface area contributed by atoms with Crippen LogP contribution in [-0.2, 0) is 30.3 Å². The highest BCUT2D eigenvalue weighted by molar-refractivity contribution is 5.28. The molecular weight excluding hydrogens is 376 g/mol. The number of hydrogen-bond donors (Lipinski definition) is 1. The largest absolute Gasteiger partial charge is 0.497 e. The van der Waals surface area contributed by atoms with Crippen molar-refractivity contribution >= 4 is 0 Å². The summed E-state index contributed by atoms with van der Waals surface area (Å²) in [5, 5.41) is 11.0. The van der Waals surface area contributed by atoms with Crippen LogP contribution in [-0.4, -0.2) is 56.6 Å². The van der Waals surface area contributed by atoms with E-state index in [-0.39, 0.29) is 6.61 Å². The number of aliphatic hydroxyl groups is 1. The van der Waals surface area contributed by atoms with Crippen molar-refractivity contribution in [1.29, 1.82) is 0 Å². The molecule has 2 aromatic rings. The zero-order valence-electron chi connectivity index (χ0n) is 16.5. The molecule has 2 aliphatic heterocycles. The Morgan fingerprint density at radius 3 is 2.45 bits per heavy atom. The van der Waals surface area contributed by atoms with E-state index in [9.17, 15) is 5.11 Å². The minimum absolute atomic E-state index is 0.281. The lowest BCUT2D eigenvalue weighted by Crippen LogP contribution is -2.62. The van der Waals surface area contributed by atoms with Crippen LogP contribution in [0.3, 0.4) is 0 Å². The van der Waals surface area contributed by atoms with Crippen LogP contribution in [0.4, 0.5) is 0 Å². The van der Waals surface area contributed by atoms with E-state index in [0.717, 1.165) is 16.9 Å². The van der Waals surface area contributed by atoms with E-state index >= 15 is 0 Å². The molecule has 4 rings (SSSR count). The van der Waals surface area contributed by atoms with E-state index in [1.54, 1.807) is 7.11 Å². The molecule has 29 heavy (non-hydrogen) atoms. The molecule has 6 atom stereocenters. The van der Waals surface area contributed by atoms with Gasteiger partial charge in [0.2, 0.25) is 0 Å². The standard InChI is InChI=1S/C22H26O7/c1-24-16-10-8-15(9-11-16)21-27-13-17-19(29-21)18(23)20(22(25-2)28-17)26-12-14-6-4-3-5-7-14/h3-11,17-23H,12-13H2,1-2H3/t17-,18-,19+,20-,21+,22+/m0/s1. The minimum atomic E-state index is -0.924. The Morgan fingerprint density at radius 1 is 1.00 bits per heavy atom. The molecule has 2 saturated heterocycles. The van der Waals surface area contributed by atoms with Crippen molar-refractivity contribution in [3.8, 4) is 5.75 Å². The van der Waals surface area contributed by atoms with E-state index < -0.39 is 37.0 Å². The molecule has 0 amide bonds. The predicted octanol–water partition coefficient (Wildman–Crippen LogP) is 2.43. The minimum Gasteiger partial charge on any atom is -0.497 e. The van der Waals surface area contributed by atoms with Gasteiger partial charge in [0.15, 0.2) is 12.6 Å². The third kappa shape index (κ3) is 4.45.